The molecule has 5 heteroatoms. The summed E-state index contributed by atoms with van der Waals surface area (Å²) in [5, 5.41) is 0. The van der Waals surface area contributed by atoms with Crippen LogP contribution in [0.2, 0.25) is 0 Å². The molecule has 0 aromatic rings. The fourth-order valence-electron chi connectivity index (χ4n) is 2.48. The Kier molecular flexibility index (Phi) is 5.46. The third-order valence-corrected chi connectivity index (χ3v) is 4.05. The smallest absolute Gasteiger partial charge is 0.309 e. The van der Waals surface area contributed by atoms with Gasteiger partial charge in [-0.3, -0.25) is 9.63 Å². The van der Waals surface area contributed by atoms with Crippen molar-refractivity contribution in [1.82, 2.24) is 0 Å². The molecule has 1 aliphatic heterocycles. The van der Waals surface area contributed by atoms with Crippen LogP contribution in [-0.4, -0.2) is 22.6 Å². The van der Waals surface area contributed by atoms with Gasteiger partial charge < -0.3 is 4.74 Å². The average molecular weight is 341 g/mol. The molecule has 16 heavy (non-hydrogen) atoms. The van der Waals surface area contributed by atoms with Crippen LogP contribution in [0, 0.1) is 17.8 Å². The third-order valence-electron chi connectivity index (χ3n) is 3.34. The summed E-state index contributed by atoms with van der Waals surface area (Å²) >= 11 is 2.29. The number of esters is 1. The number of halogens is 1. The second-order valence-corrected chi connectivity index (χ2v) is 6.45. The van der Waals surface area contributed by atoms with Gasteiger partial charge in [-0.05, 0) is 6.42 Å². The highest BCUT2D eigenvalue weighted by atomic mass is 127. The van der Waals surface area contributed by atoms with E-state index in [-0.39, 0.29) is 33.8 Å². The molecule has 94 valence electrons. The van der Waals surface area contributed by atoms with E-state index in [1.54, 1.807) is 0 Å². The van der Waals surface area contributed by atoms with Gasteiger partial charge in [0.15, 0.2) is 0 Å². The van der Waals surface area contributed by atoms with Crippen LogP contribution in [-0.2, 0) is 14.4 Å². The molecule has 0 aliphatic carbocycles. The van der Waals surface area contributed by atoms with Crippen LogP contribution in [0.3, 0.4) is 0 Å². The molecule has 1 rings (SSSR count). The van der Waals surface area contributed by atoms with Crippen LogP contribution in [0.15, 0.2) is 0 Å². The molecule has 0 aromatic heterocycles. The minimum Gasteiger partial charge on any atom is -0.465 e. The topological polar surface area (TPSA) is 61.5 Å². The first-order chi connectivity index (χ1) is 7.52. The summed E-state index contributed by atoms with van der Waals surface area (Å²) in [5.74, 6) is 5.58. The maximum atomic E-state index is 11.7. The number of alkyl halides is 1. The molecule has 0 aromatic carbocycles. The molecule has 1 aliphatic rings. The zero-order valence-corrected chi connectivity index (χ0v) is 12.1. The molecule has 2 N–H and O–H groups in total. The number of hydrogen-bond acceptors (Lipinski definition) is 4. The summed E-state index contributed by atoms with van der Waals surface area (Å²) in [7, 11) is 0. The number of carbonyl (C=O) groups is 1. The first-order valence-corrected chi connectivity index (χ1v) is 6.93. The summed E-state index contributed by atoms with van der Waals surface area (Å²) in [5.41, 5.74) is 0. The van der Waals surface area contributed by atoms with Crippen LogP contribution in [0.25, 0.3) is 0 Å². The highest BCUT2D eigenvalue weighted by Gasteiger charge is 2.43. The molecule has 4 nitrogen and oxygen atoms in total. The van der Waals surface area contributed by atoms with Gasteiger partial charge in [-0.1, -0.05) is 43.4 Å². The molecular weight excluding hydrogens is 321 g/mol. The van der Waals surface area contributed by atoms with Crippen molar-refractivity contribution in [3.63, 3.8) is 0 Å². The van der Waals surface area contributed by atoms with Crippen LogP contribution in [0.1, 0.15) is 27.2 Å². The van der Waals surface area contributed by atoms with Crippen molar-refractivity contribution in [3.8, 4) is 0 Å². The normalized spacial score (nSPS) is 30.9. The largest absolute Gasteiger partial charge is 0.465 e. The Bertz CT molecular complexity index is 247. The lowest BCUT2D eigenvalue weighted by molar-refractivity contribution is -0.144. The fourth-order valence-corrected chi connectivity index (χ4v) is 3.19. The Morgan fingerprint density at radius 2 is 2.31 bits per heavy atom. The van der Waals surface area contributed by atoms with Gasteiger partial charge in [0, 0.05) is 15.8 Å². The maximum absolute atomic E-state index is 11.7. The molecule has 0 amide bonds. The van der Waals surface area contributed by atoms with Crippen LogP contribution < -0.4 is 5.90 Å². The lowest BCUT2D eigenvalue weighted by atomic mass is 9.79. The quantitative estimate of drug-likeness (QED) is 0.359. The zero-order chi connectivity index (χ0) is 12.3. The Morgan fingerprint density at radius 1 is 1.69 bits per heavy atom. The van der Waals surface area contributed by atoms with Gasteiger partial charge in [-0.2, -0.15) is 0 Å². The second kappa shape index (κ2) is 6.16. The summed E-state index contributed by atoms with van der Waals surface area (Å²) in [6.07, 6.45) is 0.781. The Balaban J connectivity index is 2.83. The SMILES string of the molecule is CCC(C(ON)C(C)I)C1C(=O)OCC1C. The second-order valence-electron chi connectivity index (χ2n) is 4.48. The standard InChI is InChI=1S/C11H20INO3/c1-4-8(10(16-13)7(3)12)9-6(2)5-15-11(9)14/h6-10H,4-5,13H2,1-3H3. The highest BCUT2D eigenvalue weighted by Crippen LogP contribution is 2.35. The van der Waals surface area contributed by atoms with Crippen molar-refractivity contribution in [2.75, 3.05) is 6.61 Å². The fraction of sp³-hybridized carbons (Fsp3) is 0.909. The molecule has 0 saturated carbocycles. The summed E-state index contributed by atoms with van der Waals surface area (Å²) in [4.78, 5) is 16.8. The van der Waals surface area contributed by atoms with E-state index in [2.05, 4.69) is 29.5 Å². The van der Waals surface area contributed by atoms with Crippen molar-refractivity contribution < 1.29 is 14.4 Å². The first-order valence-electron chi connectivity index (χ1n) is 5.69. The van der Waals surface area contributed by atoms with Crippen molar-refractivity contribution in [1.29, 1.82) is 0 Å². The Morgan fingerprint density at radius 3 is 2.62 bits per heavy atom. The molecule has 0 spiro atoms. The minimum absolute atomic E-state index is 0.0734. The Hall–Kier alpha value is 0.120. The van der Waals surface area contributed by atoms with Crippen LogP contribution >= 0.6 is 22.6 Å². The highest BCUT2D eigenvalue weighted by molar-refractivity contribution is 14.1. The van der Waals surface area contributed by atoms with E-state index in [0.29, 0.717) is 6.61 Å². The number of hydrogen-bond donors (Lipinski definition) is 1. The molecule has 5 unspecified atom stereocenters. The number of nitrogens with two attached hydrogens (primary N) is 1. The van der Waals surface area contributed by atoms with E-state index < -0.39 is 0 Å². The van der Waals surface area contributed by atoms with Gasteiger partial charge in [0.1, 0.15) is 0 Å². The van der Waals surface area contributed by atoms with Gasteiger partial charge in [-0.15, -0.1) is 0 Å². The van der Waals surface area contributed by atoms with E-state index in [1.165, 1.54) is 0 Å². The van der Waals surface area contributed by atoms with Gasteiger partial charge in [0.2, 0.25) is 0 Å². The lowest BCUT2D eigenvalue weighted by Gasteiger charge is -2.30. The zero-order valence-electron chi connectivity index (χ0n) is 9.98. The summed E-state index contributed by atoms with van der Waals surface area (Å²) < 4.78 is 5.37. The summed E-state index contributed by atoms with van der Waals surface area (Å²) in [6, 6.07) is 0. The van der Waals surface area contributed by atoms with E-state index in [0.717, 1.165) is 6.42 Å². The number of rotatable bonds is 5. The van der Waals surface area contributed by atoms with Crippen molar-refractivity contribution in [3.05, 3.63) is 0 Å². The predicted octanol–water partition coefficient (Wildman–Crippen LogP) is 1.90. The number of ether oxygens (including phenoxy) is 1. The van der Waals surface area contributed by atoms with Crippen molar-refractivity contribution in [2.24, 2.45) is 23.7 Å². The third kappa shape index (κ3) is 2.87. The molecule has 1 heterocycles. The molecule has 0 bridgehead atoms. The Labute approximate surface area is 110 Å². The number of carbonyl (C=O) groups excluding carboxylic acids is 1. The average Bonchev–Trinajstić information content (AvgIpc) is 2.55. The molecule has 1 saturated heterocycles. The van der Waals surface area contributed by atoms with Gasteiger partial charge >= 0.3 is 5.97 Å². The molecular formula is C11H20INO3. The van der Waals surface area contributed by atoms with E-state index in [1.807, 2.05) is 13.8 Å². The van der Waals surface area contributed by atoms with Crippen molar-refractivity contribution in [2.45, 2.75) is 37.2 Å². The van der Waals surface area contributed by atoms with E-state index in [9.17, 15) is 4.79 Å². The predicted molar refractivity (Wildman–Crippen MR) is 69.9 cm³/mol. The maximum Gasteiger partial charge on any atom is 0.309 e. The molecule has 0 radical (unpaired) electrons. The van der Waals surface area contributed by atoms with Gasteiger partial charge in [-0.25, -0.2) is 5.90 Å². The minimum atomic E-state index is -0.0987. The first kappa shape index (κ1) is 14.2. The van der Waals surface area contributed by atoms with Gasteiger partial charge in [0.25, 0.3) is 0 Å². The molecule has 5 atom stereocenters. The van der Waals surface area contributed by atoms with E-state index >= 15 is 0 Å². The lowest BCUT2D eigenvalue weighted by Crippen LogP contribution is -2.40. The molecule has 1 fully saturated rings. The van der Waals surface area contributed by atoms with Crippen LogP contribution in [0.4, 0.5) is 0 Å². The number of cyclic esters (lactones) is 1. The van der Waals surface area contributed by atoms with Crippen LogP contribution in [0.5, 0.6) is 0 Å². The van der Waals surface area contributed by atoms with Crippen molar-refractivity contribution >= 4 is 28.6 Å². The summed E-state index contributed by atoms with van der Waals surface area (Å²) in [6.45, 7) is 6.68. The van der Waals surface area contributed by atoms with Gasteiger partial charge in [0.05, 0.1) is 18.6 Å². The van der Waals surface area contributed by atoms with E-state index in [4.69, 9.17) is 15.5 Å². The monoisotopic (exact) mass is 341 g/mol.